The number of amides is 1. The third-order valence-electron chi connectivity index (χ3n) is 5.66. The van der Waals surface area contributed by atoms with E-state index in [9.17, 15) is 4.79 Å². The molecule has 0 saturated carbocycles. The third-order valence-corrected chi connectivity index (χ3v) is 7.21. The maximum absolute atomic E-state index is 12.5. The first-order chi connectivity index (χ1) is 16.1. The fourth-order valence-corrected chi connectivity index (χ4v) is 5.51. The molecule has 0 spiro atoms. The minimum atomic E-state index is -0.165. The molecule has 3 aromatic carbocycles. The van der Waals surface area contributed by atoms with E-state index in [1.807, 2.05) is 49.4 Å². The lowest BCUT2D eigenvalue weighted by atomic mass is 10.1. The topological polar surface area (TPSA) is 59.3 Å². The van der Waals surface area contributed by atoms with Gasteiger partial charge in [-0.15, -0.1) is 11.8 Å². The Morgan fingerprint density at radius 1 is 1.03 bits per heavy atom. The van der Waals surface area contributed by atoms with Gasteiger partial charge in [-0.3, -0.25) is 4.79 Å². The van der Waals surface area contributed by atoms with Gasteiger partial charge in [0.1, 0.15) is 0 Å². The van der Waals surface area contributed by atoms with Gasteiger partial charge in [0.05, 0.1) is 34.2 Å². The van der Waals surface area contributed by atoms with E-state index < -0.39 is 0 Å². The van der Waals surface area contributed by atoms with Gasteiger partial charge in [-0.2, -0.15) is 10.2 Å². The van der Waals surface area contributed by atoms with E-state index in [1.165, 1.54) is 22.3 Å². The Balaban J connectivity index is 1.25. The van der Waals surface area contributed by atoms with Crippen LogP contribution in [0.15, 0.2) is 84.0 Å². The molecule has 0 unspecified atom stereocenters. The lowest BCUT2D eigenvalue weighted by molar-refractivity contribution is -0.118. The number of rotatable bonds is 6. The van der Waals surface area contributed by atoms with Crippen LogP contribution in [-0.2, 0) is 4.79 Å². The number of halogens is 1. The van der Waals surface area contributed by atoms with Crippen LogP contribution in [-0.4, -0.2) is 27.7 Å². The molecule has 0 fully saturated rings. The van der Waals surface area contributed by atoms with Gasteiger partial charge in [-0.05, 0) is 41.3 Å². The van der Waals surface area contributed by atoms with Gasteiger partial charge < -0.3 is 0 Å². The predicted octanol–water partition coefficient (Wildman–Crippen LogP) is 5.79. The second kappa shape index (κ2) is 9.25. The Kier molecular flexibility index (Phi) is 6.03. The van der Waals surface area contributed by atoms with Gasteiger partial charge in [-0.25, -0.2) is 10.1 Å². The van der Waals surface area contributed by atoms with Crippen molar-refractivity contribution in [1.29, 1.82) is 0 Å². The molecule has 1 N–H and O–H groups in total. The Hall–Kier alpha value is -3.35. The molecule has 1 aliphatic carbocycles. The number of carbonyl (C=O) groups excluding carboxylic acids is 1. The van der Waals surface area contributed by atoms with Crippen LogP contribution in [0.4, 0.5) is 0 Å². The van der Waals surface area contributed by atoms with Crippen LogP contribution in [0.1, 0.15) is 27.6 Å². The van der Waals surface area contributed by atoms with Crippen LogP contribution in [0.2, 0.25) is 5.15 Å². The van der Waals surface area contributed by atoms with Gasteiger partial charge in [-0.1, -0.05) is 78.3 Å². The second-order valence-electron chi connectivity index (χ2n) is 7.70. The van der Waals surface area contributed by atoms with Crippen molar-refractivity contribution in [2.75, 3.05) is 5.75 Å². The SMILES string of the molecule is Cc1c(C=NNC(=O)CSC2c3ccccc3-c3ccccc32)c(Cl)nn1-c1ccccc1. The number of benzene rings is 3. The van der Waals surface area contributed by atoms with E-state index >= 15 is 0 Å². The lowest BCUT2D eigenvalue weighted by Gasteiger charge is -2.12. The molecule has 0 atom stereocenters. The van der Waals surface area contributed by atoms with Crippen LogP contribution >= 0.6 is 23.4 Å². The number of nitrogens with one attached hydrogen (secondary N) is 1. The Morgan fingerprint density at radius 2 is 1.64 bits per heavy atom. The van der Waals surface area contributed by atoms with E-state index in [0.717, 1.165) is 11.4 Å². The Bertz CT molecular complexity index is 1300. The molecule has 5 rings (SSSR count). The van der Waals surface area contributed by atoms with Gasteiger partial charge in [0, 0.05) is 0 Å². The fourth-order valence-electron chi connectivity index (χ4n) is 4.10. The summed E-state index contributed by atoms with van der Waals surface area (Å²) in [6.07, 6.45) is 1.55. The van der Waals surface area contributed by atoms with E-state index in [2.05, 4.69) is 52.0 Å². The van der Waals surface area contributed by atoms with E-state index in [4.69, 9.17) is 11.6 Å². The molecule has 0 aliphatic heterocycles. The van der Waals surface area contributed by atoms with Crippen molar-refractivity contribution in [1.82, 2.24) is 15.2 Å². The number of thioether (sulfide) groups is 1. The van der Waals surface area contributed by atoms with E-state index in [-0.39, 0.29) is 11.2 Å². The summed E-state index contributed by atoms with van der Waals surface area (Å²) in [4.78, 5) is 12.5. The highest BCUT2D eigenvalue weighted by molar-refractivity contribution is 8.00. The second-order valence-corrected chi connectivity index (χ2v) is 9.15. The van der Waals surface area contributed by atoms with Crippen molar-refractivity contribution in [3.05, 3.63) is 106 Å². The van der Waals surface area contributed by atoms with E-state index in [1.54, 1.807) is 22.7 Å². The number of hydrogen-bond acceptors (Lipinski definition) is 4. The average molecular weight is 473 g/mol. The summed E-state index contributed by atoms with van der Waals surface area (Å²) in [5.41, 5.74) is 10.0. The molecule has 0 saturated heterocycles. The number of fused-ring (bicyclic) bond motifs is 3. The van der Waals surface area contributed by atoms with Crippen molar-refractivity contribution < 1.29 is 4.79 Å². The monoisotopic (exact) mass is 472 g/mol. The zero-order valence-electron chi connectivity index (χ0n) is 17.9. The third kappa shape index (κ3) is 4.19. The van der Waals surface area contributed by atoms with Crippen molar-refractivity contribution >= 4 is 35.5 Å². The normalized spacial score (nSPS) is 12.7. The zero-order valence-corrected chi connectivity index (χ0v) is 19.5. The highest BCUT2D eigenvalue weighted by Gasteiger charge is 2.28. The number of carbonyl (C=O) groups is 1. The van der Waals surface area contributed by atoms with Crippen molar-refractivity contribution in [3.8, 4) is 16.8 Å². The molecule has 33 heavy (non-hydrogen) atoms. The minimum absolute atomic E-state index is 0.132. The van der Waals surface area contributed by atoms with Crippen molar-refractivity contribution in [2.45, 2.75) is 12.2 Å². The van der Waals surface area contributed by atoms with Crippen LogP contribution in [0, 0.1) is 6.92 Å². The molecule has 1 aromatic heterocycles. The molecule has 1 amide bonds. The number of para-hydroxylation sites is 1. The van der Waals surface area contributed by atoms with Crippen LogP contribution in [0.3, 0.4) is 0 Å². The summed E-state index contributed by atoms with van der Waals surface area (Å²) >= 11 is 7.92. The summed E-state index contributed by atoms with van der Waals surface area (Å²) in [5, 5.41) is 8.98. The smallest absolute Gasteiger partial charge is 0.250 e. The first kappa shape index (κ1) is 21.5. The molecule has 0 bridgehead atoms. The molecule has 1 heterocycles. The summed E-state index contributed by atoms with van der Waals surface area (Å²) < 4.78 is 1.76. The lowest BCUT2D eigenvalue weighted by Crippen LogP contribution is -2.20. The molecule has 164 valence electrons. The Labute approximate surface area is 201 Å². The van der Waals surface area contributed by atoms with E-state index in [0.29, 0.717) is 16.5 Å². The number of aromatic nitrogens is 2. The summed E-state index contributed by atoms with van der Waals surface area (Å²) in [6.45, 7) is 1.92. The Morgan fingerprint density at radius 3 is 2.30 bits per heavy atom. The largest absolute Gasteiger partial charge is 0.272 e. The maximum atomic E-state index is 12.5. The first-order valence-electron chi connectivity index (χ1n) is 10.6. The molecule has 5 nitrogen and oxygen atoms in total. The number of nitrogens with zero attached hydrogens (tertiary/aromatic N) is 3. The van der Waals surface area contributed by atoms with Gasteiger partial charge in [0.25, 0.3) is 0 Å². The van der Waals surface area contributed by atoms with Crippen molar-refractivity contribution in [2.24, 2.45) is 5.10 Å². The number of hydrazone groups is 1. The molecule has 1 aliphatic rings. The van der Waals surface area contributed by atoms with Crippen LogP contribution in [0.5, 0.6) is 0 Å². The predicted molar refractivity (Wildman–Crippen MR) is 135 cm³/mol. The summed E-state index contributed by atoms with van der Waals surface area (Å²) in [7, 11) is 0. The zero-order chi connectivity index (χ0) is 22.8. The molecule has 7 heteroatoms. The van der Waals surface area contributed by atoms with Crippen LogP contribution in [0.25, 0.3) is 16.8 Å². The fraction of sp³-hybridized carbons (Fsp3) is 0.115. The molecule has 0 radical (unpaired) electrons. The average Bonchev–Trinajstić information content (AvgIpc) is 3.32. The van der Waals surface area contributed by atoms with Gasteiger partial charge in [0.15, 0.2) is 5.15 Å². The standard InChI is InChI=1S/C26H21ClN4OS/c1-17-23(26(27)30-31(17)18-9-3-2-4-10-18)15-28-29-24(32)16-33-25-21-13-7-5-11-19(21)20-12-6-8-14-22(20)25/h2-15,25H,16H2,1H3,(H,29,32). The first-order valence-corrected chi connectivity index (χ1v) is 12.0. The highest BCUT2D eigenvalue weighted by Crippen LogP contribution is 2.49. The van der Waals surface area contributed by atoms with Crippen LogP contribution < -0.4 is 5.43 Å². The van der Waals surface area contributed by atoms with Gasteiger partial charge in [0.2, 0.25) is 5.91 Å². The number of hydrogen-bond donors (Lipinski definition) is 1. The highest BCUT2D eigenvalue weighted by atomic mass is 35.5. The maximum Gasteiger partial charge on any atom is 0.250 e. The quantitative estimate of drug-likeness (QED) is 0.285. The molecular weight excluding hydrogens is 452 g/mol. The molecular formula is C26H21ClN4OS. The minimum Gasteiger partial charge on any atom is -0.272 e. The summed E-state index contributed by atoms with van der Waals surface area (Å²) in [5.74, 6) is 0.128. The summed E-state index contributed by atoms with van der Waals surface area (Å²) in [6, 6.07) is 26.5. The van der Waals surface area contributed by atoms with Gasteiger partial charge >= 0.3 is 0 Å². The van der Waals surface area contributed by atoms with Crippen molar-refractivity contribution in [3.63, 3.8) is 0 Å². The molecule has 4 aromatic rings.